The van der Waals surface area contributed by atoms with Crippen LogP contribution in [-0.2, 0) is 0 Å². The summed E-state index contributed by atoms with van der Waals surface area (Å²) in [4.78, 5) is 0. The van der Waals surface area contributed by atoms with Crippen molar-refractivity contribution in [2.45, 2.75) is 32.2 Å². The van der Waals surface area contributed by atoms with Gasteiger partial charge in [0.05, 0.1) is 0 Å². The number of nitrogens with one attached hydrogen (secondary N) is 1. The molecule has 11 heavy (non-hydrogen) atoms. The largest absolute Gasteiger partial charge is 0.397 e. The van der Waals surface area contributed by atoms with Crippen LogP contribution >= 0.6 is 0 Å². The summed E-state index contributed by atoms with van der Waals surface area (Å²) in [5.41, 5.74) is 5.67. The van der Waals surface area contributed by atoms with Gasteiger partial charge in [0.15, 0.2) is 0 Å². The third-order valence-corrected chi connectivity index (χ3v) is 1.58. The zero-order valence-corrected chi connectivity index (χ0v) is 7.34. The molecule has 3 heteroatoms. The lowest BCUT2D eigenvalue weighted by molar-refractivity contribution is 0.318. The Morgan fingerprint density at radius 2 is 2.18 bits per heavy atom. The highest BCUT2D eigenvalue weighted by molar-refractivity contribution is 4.68. The maximum absolute atomic E-state index is 7.57. The first kappa shape index (κ1) is 10.9. The van der Waals surface area contributed by atoms with E-state index in [2.05, 4.69) is 5.32 Å². The normalized spacial score (nSPS) is 24.8. The number of aliphatic hydroxyl groups excluding tert-OH is 1. The highest BCUT2D eigenvalue weighted by atomic mass is 16.2. The molecule has 1 atom stereocenters. The third kappa shape index (κ3) is 7.78. The van der Waals surface area contributed by atoms with Crippen molar-refractivity contribution < 1.29 is 5.11 Å². The van der Waals surface area contributed by atoms with Gasteiger partial charge in [0.2, 0.25) is 0 Å². The summed E-state index contributed by atoms with van der Waals surface area (Å²) in [7, 11) is 0. The first-order valence-electron chi connectivity index (χ1n) is 4.38. The van der Waals surface area contributed by atoms with E-state index >= 15 is 0 Å². The zero-order valence-electron chi connectivity index (χ0n) is 7.34. The second kappa shape index (κ2) is 7.98. The number of rotatable bonds is 0. The van der Waals surface area contributed by atoms with Gasteiger partial charge in [-0.3, -0.25) is 0 Å². The Morgan fingerprint density at radius 1 is 1.55 bits per heavy atom. The summed E-state index contributed by atoms with van der Waals surface area (Å²) in [5.74, 6) is 0. The molecule has 1 aliphatic rings. The van der Waals surface area contributed by atoms with E-state index in [1.807, 2.05) is 0 Å². The van der Waals surface area contributed by atoms with E-state index in [0.717, 1.165) is 13.1 Å². The predicted molar refractivity (Wildman–Crippen MR) is 47.5 cm³/mol. The van der Waals surface area contributed by atoms with E-state index in [-0.39, 0.29) is 6.61 Å². The van der Waals surface area contributed by atoms with Crippen molar-refractivity contribution in [1.82, 2.24) is 5.32 Å². The minimum Gasteiger partial charge on any atom is -0.397 e. The smallest absolute Gasteiger partial charge is 0.0402 e. The van der Waals surface area contributed by atoms with Crippen LogP contribution in [0.15, 0.2) is 0 Å². The zero-order chi connectivity index (χ0) is 8.53. The van der Waals surface area contributed by atoms with E-state index in [4.69, 9.17) is 10.8 Å². The summed E-state index contributed by atoms with van der Waals surface area (Å²) in [6.07, 6.45) is 3.80. The molecule has 68 valence electrons. The Morgan fingerprint density at radius 3 is 2.82 bits per heavy atom. The molecule has 4 N–H and O–H groups in total. The molecular formula is C8H20N2O. The summed E-state index contributed by atoms with van der Waals surface area (Å²) in [6.45, 7) is 4.10. The summed E-state index contributed by atoms with van der Waals surface area (Å²) in [5, 5.41) is 10.8. The van der Waals surface area contributed by atoms with Crippen LogP contribution in [0.2, 0.25) is 0 Å². The molecule has 1 unspecified atom stereocenters. The Balaban J connectivity index is 0.000000292. The lowest BCUT2D eigenvalue weighted by Gasteiger charge is -2.04. The number of nitrogens with two attached hydrogens (primary N) is 1. The van der Waals surface area contributed by atoms with Gasteiger partial charge < -0.3 is 16.2 Å². The summed E-state index contributed by atoms with van der Waals surface area (Å²) < 4.78 is 0. The summed E-state index contributed by atoms with van der Waals surface area (Å²) >= 11 is 0. The fraction of sp³-hybridized carbons (Fsp3) is 1.00. The van der Waals surface area contributed by atoms with Crippen LogP contribution in [0.1, 0.15) is 26.2 Å². The SMILES string of the molecule is CCO.NC1CCCCNC1. The minimum atomic E-state index is 0.250. The molecule has 0 amide bonds. The lowest BCUT2D eigenvalue weighted by Crippen LogP contribution is -2.31. The van der Waals surface area contributed by atoms with Gasteiger partial charge >= 0.3 is 0 Å². The van der Waals surface area contributed by atoms with Crippen molar-refractivity contribution in [2.24, 2.45) is 5.73 Å². The van der Waals surface area contributed by atoms with Gasteiger partial charge in [0.25, 0.3) is 0 Å². The third-order valence-electron chi connectivity index (χ3n) is 1.58. The van der Waals surface area contributed by atoms with Gasteiger partial charge in [-0.05, 0) is 26.3 Å². The van der Waals surface area contributed by atoms with Gasteiger partial charge in [-0.1, -0.05) is 6.42 Å². The monoisotopic (exact) mass is 160 g/mol. The number of aliphatic hydroxyl groups is 1. The Hall–Kier alpha value is -0.120. The molecule has 0 bridgehead atoms. The first-order valence-corrected chi connectivity index (χ1v) is 4.38. The quantitative estimate of drug-likeness (QED) is 0.470. The fourth-order valence-corrected chi connectivity index (χ4v) is 1.05. The average molecular weight is 160 g/mol. The molecule has 0 saturated carbocycles. The highest BCUT2D eigenvalue weighted by Crippen LogP contribution is 2.00. The second-order valence-electron chi connectivity index (χ2n) is 2.78. The number of hydrogen-bond donors (Lipinski definition) is 3. The first-order chi connectivity index (χ1) is 5.31. The predicted octanol–water partition coefficient (Wildman–Crippen LogP) is 0.0858. The van der Waals surface area contributed by atoms with E-state index in [1.54, 1.807) is 6.92 Å². The van der Waals surface area contributed by atoms with Gasteiger partial charge in [0, 0.05) is 19.2 Å². The molecule has 0 aromatic heterocycles. The fourth-order valence-electron chi connectivity index (χ4n) is 1.05. The van der Waals surface area contributed by atoms with Gasteiger partial charge in [0.1, 0.15) is 0 Å². The standard InChI is InChI=1S/C6H14N2.C2H6O/c7-6-3-1-2-4-8-5-6;1-2-3/h6,8H,1-5,7H2;3H,2H2,1H3. The molecule has 0 aliphatic carbocycles. The van der Waals surface area contributed by atoms with E-state index < -0.39 is 0 Å². The average Bonchev–Trinajstić information content (AvgIpc) is 2.18. The van der Waals surface area contributed by atoms with Gasteiger partial charge in [-0.15, -0.1) is 0 Å². The Bertz CT molecular complexity index is 70.5. The molecule has 0 aromatic rings. The molecule has 3 nitrogen and oxygen atoms in total. The van der Waals surface area contributed by atoms with Crippen LogP contribution in [0.5, 0.6) is 0 Å². The minimum absolute atomic E-state index is 0.250. The lowest BCUT2D eigenvalue weighted by atomic mass is 10.2. The van der Waals surface area contributed by atoms with Crippen LogP contribution in [-0.4, -0.2) is 30.8 Å². The van der Waals surface area contributed by atoms with Crippen molar-refractivity contribution in [3.63, 3.8) is 0 Å². The molecule has 1 saturated heterocycles. The highest BCUT2D eigenvalue weighted by Gasteiger charge is 2.04. The maximum atomic E-state index is 7.57. The van der Waals surface area contributed by atoms with Gasteiger partial charge in [-0.25, -0.2) is 0 Å². The van der Waals surface area contributed by atoms with Crippen LogP contribution in [0.4, 0.5) is 0 Å². The van der Waals surface area contributed by atoms with E-state index in [9.17, 15) is 0 Å². The molecule has 1 fully saturated rings. The van der Waals surface area contributed by atoms with Gasteiger partial charge in [-0.2, -0.15) is 0 Å². The Kier molecular flexibility index (Phi) is 7.89. The molecule has 0 aromatic carbocycles. The topological polar surface area (TPSA) is 58.3 Å². The van der Waals surface area contributed by atoms with Crippen LogP contribution in [0.3, 0.4) is 0 Å². The van der Waals surface area contributed by atoms with Crippen LogP contribution in [0, 0.1) is 0 Å². The van der Waals surface area contributed by atoms with Crippen molar-refractivity contribution >= 4 is 0 Å². The molecule has 0 radical (unpaired) electrons. The number of hydrogen-bond acceptors (Lipinski definition) is 3. The second-order valence-corrected chi connectivity index (χ2v) is 2.78. The summed E-state index contributed by atoms with van der Waals surface area (Å²) in [6, 6.07) is 0.414. The van der Waals surface area contributed by atoms with Crippen molar-refractivity contribution in [1.29, 1.82) is 0 Å². The van der Waals surface area contributed by atoms with E-state index in [0.29, 0.717) is 6.04 Å². The maximum Gasteiger partial charge on any atom is 0.0402 e. The molecule has 1 rings (SSSR count). The molecule has 0 spiro atoms. The van der Waals surface area contributed by atoms with Crippen LogP contribution < -0.4 is 11.1 Å². The molecular weight excluding hydrogens is 140 g/mol. The molecule has 1 aliphatic heterocycles. The van der Waals surface area contributed by atoms with Crippen LogP contribution in [0.25, 0.3) is 0 Å². The van der Waals surface area contributed by atoms with Crippen molar-refractivity contribution in [3.8, 4) is 0 Å². The molecule has 1 heterocycles. The Labute approximate surface area is 69.0 Å². The van der Waals surface area contributed by atoms with Crippen molar-refractivity contribution in [2.75, 3.05) is 19.7 Å². The van der Waals surface area contributed by atoms with E-state index in [1.165, 1.54) is 19.3 Å². The van der Waals surface area contributed by atoms with Crippen molar-refractivity contribution in [3.05, 3.63) is 0 Å².